The molecule has 2 unspecified atom stereocenters. The highest BCUT2D eigenvalue weighted by atomic mass is 35.5. The van der Waals surface area contributed by atoms with Crippen LogP contribution >= 0.6 is 11.6 Å². The van der Waals surface area contributed by atoms with E-state index in [-0.39, 0.29) is 18.0 Å². The van der Waals surface area contributed by atoms with Gasteiger partial charge in [0.25, 0.3) is 5.91 Å². The van der Waals surface area contributed by atoms with E-state index in [9.17, 15) is 4.79 Å². The van der Waals surface area contributed by atoms with Crippen LogP contribution in [0.3, 0.4) is 0 Å². The van der Waals surface area contributed by atoms with Crippen molar-refractivity contribution in [1.29, 1.82) is 0 Å². The van der Waals surface area contributed by atoms with Gasteiger partial charge < -0.3 is 29.4 Å². The number of hydrogen-bond acceptors (Lipinski definition) is 7. The molecular formula is C32H33ClN8O2. The molecule has 1 amide bonds. The standard InChI is InChI=1S/C32H33ClN8O2/c1-38-24-7-5-22(33)10-20(24)12-26(38)30-37-23-11-21(31(42)40-17-19-4-6-25(40)28(19)34)13-27(43-2)29(23)41(30)16-18-14-39(15-18)32-35-8-3-9-36-32/h3,5,7-13,18-19,25,28H,4,6,14-17,34H2,1-2H3/t19?,25?,28-/m1/s1. The van der Waals surface area contributed by atoms with Crippen LogP contribution in [0.1, 0.15) is 23.2 Å². The lowest BCUT2D eigenvalue weighted by Gasteiger charge is -2.39. The number of halogens is 1. The number of nitrogens with zero attached hydrogens (tertiary/aromatic N) is 7. The normalized spacial score (nSPS) is 21.7. The second-order valence-corrected chi connectivity index (χ2v) is 12.6. The largest absolute Gasteiger partial charge is 0.494 e. The molecule has 5 heterocycles. The molecule has 220 valence electrons. The SMILES string of the molecule is COc1cc(C(=O)N2CC3CCC2[C@@H]3N)cc2nc(-c3cc4cc(Cl)ccc4n3C)n(CC3CN(c4ncccn4)C3)c12. The molecule has 2 saturated heterocycles. The number of likely N-dealkylation sites (tertiary alicyclic amines) is 1. The summed E-state index contributed by atoms with van der Waals surface area (Å²) in [5.74, 6) is 2.94. The molecule has 5 aromatic rings. The Kier molecular flexibility index (Phi) is 6.13. The minimum atomic E-state index is -0.00399. The van der Waals surface area contributed by atoms with Gasteiger partial charge in [0.2, 0.25) is 5.95 Å². The molecule has 0 spiro atoms. The average Bonchev–Trinajstić information content (AvgIpc) is 3.73. The van der Waals surface area contributed by atoms with Gasteiger partial charge in [0, 0.05) is 85.1 Å². The van der Waals surface area contributed by atoms with Crippen molar-refractivity contribution in [2.45, 2.75) is 31.5 Å². The number of fused-ring (bicyclic) bond motifs is 4. The van der Waals surface area contributed by atoms with Gasteiger partial charge in [0.05, 0.1) is 18.3 Å². The minimum absolute atomic E-state index is 0.00399. The Morgan fingerprint density at radius 3 is 2.63 bits per heavy atom. The zero-order valence-corrected chi connectivity index (χ0v) is 24.9. The molecule has 10 nitrogen and oxygen atoms in total. The number of aryl methyl sites for hydroxylation is 1. The van der Waals surface area contributed by atoms with E-state index >= 15 is 0 Å². The quantitative estimate of drug-likeness (QED) is 0.311. The van der Waals surface area contributed by atoms with Gasteiger partial charge in [0.15, 0.2) is 5.82 Å². The summed E-state index contributed by atoms with van der Waals surface area (Å²) in [6, 6.07) is 13.8. The zero-order valence-electron chi connectivity index (χ0n) is 24.2. The van der Waals surface area contributed by atoms with Crippen molar-refractivity contribution in [2.24, 2.45) is 24.6 Å². The monoisotopic (exact) mass is 596 g/mol. The van der Waals surface area contributed by atoms with Crippen molar-refractivity contribution in [3.05, 3.63) is 65.4 Å². The summed E-state index contributed by atoms with van der Waals surface area (Å²) in [5.41, 5.74) is 10.7. The summed E-state index contributed by atoms with van der Waals surface area (Å²) in [7, 11) is 3.70. The molecule has 2 aromatic carbocycles. The summed E-state index contributed by atoms with van der Waals surface area (Å²) < 4.78 is 10.4. The second-order valence-electron chi connectivity index (χ2n) is 12.1. The molecule has 3 atom stereocenters. The highest BCUT2D eigenvalue weighted by molar-refractivity contribution is 6.31. The lowest BCUT2D eigenvalue weighted by Crippen LogP contribution is -2.49. The first-order chi connectivity index (χ1) is 20.9. The number of methoxy groups -OCH3 is 1. The highest BCUT2D eigenvalue weighted by Gasteiger charge is 2.47. The summed E-state index contributed by atoms with van der Waals surface area (Å²) in [6.45, 7) is 3.12. The molecule has 2 N–H and O–H groups in total. The number of anilines is 1. The molecule has 11 heteroatoms. The Labute approximate surface area is 254 Å². The summed E-state index contributed by atoms with van der Waals surface area (Å²) in [5, 5.41) is 1.74. The number of carbonyl (C=O) groups excluding carboxylic acids is 1. The van der Waals surface area contributed by atoms with Gasteiger partial charge >= 0.3 is 0 Å². The van der Waals surface area contributed by atoms with E-state index in [2.05, 4.69) is 30.1 Å². The van der Waals surface area contributed by atoms with E-state index in [1.165, 1.54) is 0 Å². The summed E-state index contributed by atoms with van der Waals surface area (Å²) in [4.78, 5) is 32.0. The Balaban J connectivity index is 1.22. The number of nitrogens with two attached hydrogens (primary N) is 1. The number of benzene rings is 2. The van der Waals surface area contributed by atoms with Crippen molar-refractivity contribution in [2.75, 3.05) is 31.6 Å². The number of piperidine rings is 1. The number of aromatic nitrogens is 5. The van der Waals surface area contributed by atoms with E-state index in [1.807, 2.05) is 48.3 Å². The molecular weight excluding hydrogens is 564 g/mol. The van der Waals surface area contributed by atoms with Crippen LogP contribution in [0.5, 0.6) is 5.75 Å². The van der Waals surface area contributed by atoms with E-state index in [0.29, 0.717) is 34.7 Å². The van der Waals surface area contributed by atoms with Crippen LogP contribution in [0.15, 0.2) is 54.9 Å². The number of hydrogen-bond donors (Lipinski definition) is 1. The van der Waals surface area contributed by atoms with Gasteiger partial charge in [-0.15, -0.1) is 0 Å². The zero-order chi connectivity index (χ0) is 29.4. The molecule has 2 bridgehead atoms. The predicted molar refractivity (Wildman–Crippen MR) is 166 cm³/mol. The molecule has 8 rings (SSSR count). The van der Waals surface area contributed by atoms with Gasteiger partial charge in [-0.1, -0.05) is 11.6 Å². The minimum Gasteiger partial charge on any atom is -0.494 e. The van der Waals surface area contributed by atoms with Gasteiger partial charge in [0.1, 0.15) is 11.3 Å². The molecule has 1 saturated carbocycles. The first kappa shape index (κ1) is 26.5. The van der Waals surface area contributed by atoms with Gasteiger partial charge in [-0.2, -0.15) is 0 Å². The Bertz CT molecular complexity index is 1880. The van der Waals surface area contributed by atoms with Crippen molar-refractivity contribution in [3.63, 3.8) is 0 Å². The topological polar surface area (TPSA) is 107 Å². The Morgan fingerprint density at radius 1 is 1.09 bits per heavy atom. The molecule has 3 aliphatic rings. The molecule has 3 aromatic heterocycles. The van der Waals surface area contributed by atoms with Crippen molar-refractivity contribution in [3.8, 4) is 17.3 Å². The van der Waals surface area contributed by atoms with Crippen molar-refractivity contribution in [1.82, 2.24) is 29.0 Å². The fourth-order valence-electron chi connectivity index (χ4n) is 7.43. The fourth-order valence-corrected chi connectivity index (χ4v) is 7.61. The van der Waals surface area contributed by atoms with Crippen LogP contribution in [0, 0.1) is 11.8 Å². The van der Waals surface area contributed by atoms with Gasteiger partial charge in [-0.3, -0.25) is 4.79 Å². The third kappa shape index (κ3) is 4.18. The first-order valence-electron chi connectivity index (χ1n) is 14.8. The van der Waals surface area contributed by atoms with Crippen LogP contribution in [-0.2, 0) is 13.6 Å². The van der Waals surface area contributed by atoms with Gasteiger partial charge in [-0.25, -0.2) is 15.0 Å². The van der Waals surface area contributed by atoms with E-state index in [1.54, 1.807) is 19.5 Å². The fraction of sp³-hybridized carbons (Fsp3) is 0.375. The van der Waals surface area contributed by atoms with Crippen LogP contribution in [-0.4, -0.2) is 73.7 Å². The Morgan fingerprint density at radius 2 is 1.91 bits per heavy atom. The molecule has 43 heavy (non-hydrogen) atoms. The van der Waals surface area contributed by atoms with Crippen LogP contribution in [0.25, 0.3) is 33.5 Å². The maximum absolute atomic E-state index is 13.8. The van der Waals surface area contributed by atoms with Crippen LogP contribution < -0.4 is 15.4 Å². The molecule has 3 fully saturated rings. The summed E-state index contributed by atoms with van der Waals surface area (Å²) >= 11 is 6.35. The molecule has 1 aliphatic carbocycles. The second kappa shape index (κ2) is 9.96. The maximum atomic E-state index is 13.8. The number of imidazole rings is 1. The van der Waals surface area contributed by atoms with Crippen LogP contribution in [0.4, 0.5) is 5.95 Å². The predicted octanol–water partition coefficient (Wildman–Crippen LogP) is 4.35. The lowest BCUT2D eigenvalue weighted by molar-refractivity contribution is 0.0700. The third-order valence-corrected chi connectivity index (χ3v) is 9.89. The highest BCUT2D eigenvalue weighted by Crippen LogP contribution is 2.40. The van der Waals surface area contributed by atoms with E-state index < -0.39 is 0 Å². The average molecular weight is 597 g/mol. The third-order valence-electron chi connectivity index (χ3n) is 9.65. The molecule has 2 aliphatic heterocycles. The van der Waals surface area contributed by atoms with E-state index in [4.69, 9.17) is 27.1 Å². The maximum Gasteiger partial charge on any atom is 0.254 e. The van der Waals surface area contributed by atoms with Crippen molar-refractivity contribution < 1.29 is 9.53 Å². The van der Waals surface area contributed by atoms with Gasteiger partial charge in [-0.05, 0) is 61.2 Å². The number of carbonyl (C=O) groups is 1. The van der Waals surface area contributed by atoms with Crippen LogP contribution in [0.2, 0.25) is 5.02 Å². The summed E-state index contributed by atoms with van der Waals surface area (Å²) in [6.07, 6.45) is 5.60. The number of ether oxygens (including phenoxy) is 1. The van der Waals surface area contributed by atoms with Crippen molar-refractivity contribution >= 4 is 45.4 Å². The Hall–Kier alpha value is -4.15. The lowest BCUT2D eigenvalue weighted by atomic mass is 10.0. The van der Waals surface area contributed by atoms with E-state index in [0.717, 1.165) is 71.9 Å². The molecule has 0 radical (unpaired) electrons. The first-order valence-corrected chi connectivity index (χ1v) is 15.2. The number of rotatable bonds is 6. The number of amides is 1. The smallest absolute Gasteiger partial charge is 0.254 e.